The maximum atomic E-state index is 13.7. The standard InChI is InChI=1S/C24H25F3N2O3S/c1-16(2)15-28-23(30)14-18-10-13-22(20-6-4-5-7-21(20)24(25,26)27)29(18)17-8-11-19(12-9-17)33(3,31)32/h4-13,16H,14-15H2,1-3H3,(H,28,30). The largest absolute Gasteiger partial charge is 0.417 e. The third kappa shape index (κ3) is 5.84. The van der Waals surface area contributed by atoms with Gasteiger partial charge in [-0.3, -0.25) is 4.79 Å². The third-order valence-corrected chi connectivity index (χ3v) is 6.17. The Labute approximate surface area is 191 Å². The van der Waals surface area contributed by atoms with Crippen LogP contribution < -0.4 is 5.32 Å². The van der Waals surface area contributed by atoms with Gasteiger partial charge in [0, 0.05) is 29.7 Å². The van der Waals surface area contributed by atoms with Crippen molar-refractivity contribution in [1.29, 1.82) is 0 Å². The minimum atomic E-state index is -4.57. The number of amides is 1. The maximum absolute atomic E-state index is 13.7. The summed E-state index contributed by atoms with van der Waals surface area (Å²) in [6.45, 7) is 4.39. The van der Waals surface area contributed by atoms with Crippen LogP contribution in [0.25, 0.3) is 16.9 Å². The van der Waals surface area contributed by atoms with Gasteiger partial charge in [-0.05, 0) is 48.4 Å². The highest BCUT2D eigenvalue weighted by molar-refractivity contribution is 7.90. The number of nitrogens with one attached hydrogen (secondary N) is 1. The van der Waals surface area contributed by atoms with Gasteiger partial charge in [0.05, 0.1) is 22.6 Å². The summed E-state index contributed by atoms with van der Waals surface area (Å²) in [5, 5.41) is 2.81. The third-order valence-electron chi connectivity index (χ3n) is 5.04. The lowest BCUT2D eigenvalue weighted by Crippen LogP contribution is -2.29. The molecule has 0 aliphatic rings. The molecule has 0 unspecified atom stereocenters. The fourth-order valence-corrected chi connectivity index (χ4v) is 4.10. The van der Waals surface area contributed by atoms with Crippen LogP contribution in [0.3, 0.4) is 0 Å². The predicted octanol–water partition coefficient (Wildman–Crippen LogP) is 4.88. The fraction of sp³-hybridized carbons (Fsp3) is 0.292. The van der Waals surface area contributed by atoms with Crippen molar-refractivity contribution in [2.45, 2.75) is 31.3 Å². The van der Waals surface area contributed by atoms with Gasteiger partial charge in [-0.15, -0.1) is 0 Å². The summed E-state index contributed by atoms with van der Waals surface area (Å²) in [5.41, 5.74) is 0.349. The number of carbonyl (C=O) groups excluding carboxylic acids is 1. The summed E-state index contributed by atoms with van der Waals surface area (Å²) in [6.07, 6.45) is -3.54. The molecule has 3 aromatic rings. The second-order valence-electron chi connectivity index (χ2n) is 8.23. The summed E-state index contributed by atoms with van der Waals surface area (Å²) < 4.78 is 66.3. The van der Waals surface area contributed by atoms with Crippen LogP contribution in [0.1, 0.15) is 25.1 Å². The number of hydrogen-bond donors (Lipinski definition) is 1. The van der Waals surface area contributed by atoms with Gasteiger partial charge in [-0.25, -0.2) is 8.42 Å². The van der Waals surface area contributed by atoms with E-state index in [0.717, 1.165) is 12.3 Å². The molecule has 1 N–H and O–H groups in total. The Kier molecular flexibility index (Phi) is 7.02. The van der Waals surface area contributed by atoms with Crippen molar-refractivity contribution in [3.63, 3.8) is 0 Å². The first-order valence-electron chi connectivity index (χ1n) is 10.3. The number of carbonyl (C=O) groups is 1. The summed E-state index contributed by atoms with van der Waals surface area (Å²) in [4.78, 5) is 12.6. The smallest absolute Gasteiger partial charge is 0.356 e. The molecule has 0 fully saturated rings. The van der Waals surface area contributed by atoms with E-state index in [0.29, 0.717) is 17.9 Å². The average molecular weight is 479 g/mol. The van der Waals surface area contributed by atoms with Gasteiger partial charge in [0.1, 0.15) is 0 Å². The highest BCUT2D eigenvalue weighted by atomic mass is 32.2. The van der Waals surface area contributed by atoms with Gasteiger partial charge in [-0.2, -0.15) is 13.2 Å². The monoisotopic (exact) mass is 478 g/mol. The van der Waals surface area contributed by atoms with Gasteiger partial charge in [0.2, 0.25) is 5.91 Å². The van der Waals surface area contributed by atoms with E-state index in [1.807, 2.05) is 13.8 Å². The normalized spacial score (nSPS) is 12.2. The minimum absolute atomic E-state index is 0.0361. The molecule has 0 atom stereocenters. The number of rotatable bonds is 7. The summed E-state index contributed by atoms with van der Waals surface area (Å²) in [5.74, 6) is -0.00930. The van der Waals surface area contributed by atoms with E-state index < -0.39 is 21.6 Å². The summed E-state index contributed by atoms with van der Waals surface area (Å²) in [6, 6.07) is 14.2. The Balaban J connectivity index is 2.14. The number of benzene rings is 2. The Bertz CT molecular complexity index is 1240. The number of halogens is 3. The van der Waals surface area contributed by atoms with Crippen LogP contribution in [0, 0.1) is 5.92 Å². The van der Waals surface area contributed by atoms with E-state index in [-0.39, 0.29) is 34.4 Å². The topological polar surface area (TPSA) is 68.2 Å². The van der Waals surface area contributed by atoms with Crippen LogP contribution >= 0.6 is 0 Å². The van der Waals surface area contributed by atoms with Crippen molar-refractivity contribution in [3.05, 3.63) is 71.9 Å². The Morgan fingerprint density at radius 1 is 1.00 bits per heavy atom. The number of nitrogens with zero attached hydrogens (tertiary/aromatic N) is 1. The molecular weight excluding hydrogens is 453 g/mol. The lowest BCUT2D eigenvalue weighted by molar-refractivity contribution is -0.137. The summed E-state index contributed by atoms with van der Waals surface area (Å²) in [7, 11) is -3.44. The van der Waals surface area contributed by atoms with Crippen LogP contribution in [-0.2, 0) is 27.2 Å². The zero-order valence-electron chi connectivity index (χ0n) is 18.5. The highest BCUT2D eigenvalue weighted by Gasteiger charge is 2.34. The molecule has 176 valence electrons. The second kappa shape index (κ2) is 9.43. The molecule has 0 radical (unpaired) electrons. The SMILES string of the molecule is CC(C)CNC(=O)Cc1ccc(-c2ccccc2C(F)(F)F)n1-c1ccc(S(C)(=O)=O)cc1. The zero-order valence-corrected chi connectivity index (χ0v) is 19.3. The van der Waals surface area contributed by atoms with Crippen LogP contribution in [0.2, 0.25) is 0 Å². The van der Waals surface area contributed by atoms with E-state index in [1.165, 1.54) is 42.5 Å². The van der Waals surface area contributed by atoms with Crippen LogP contribution in [-0.4, -0.2) is 31.7 Å². The van der Waals surface area contributed by atoms with E-state index in [1.54, 1.807) is 16.7 Å². The Hall–Kier alpha value is -3.07. The molecule has 2 aromatic carbocycles. The summed E-state index contributed by atoms with van der Waals surface area (Å²) >= 11 is 0. The molecule has 5 nitrogen and oxygen atoms in total. The minimum Gasteiger partial charge on any atom is -0.356 e. The van der Waals surface area contributed by atoms with E-state index in [9.17, 15) is 26.4 Å². The first kappa shape index (κ1) is 24.6. The molecule has 1 aromatic heterocycles. The highest BCUT2D eigenvalue weighted by Crippen LogP contribution is 2.38. The second-order valence-corrected chi connectivity index (χ2v) is 10.2. The van der Waals surface area contributed by atoms with Crippen molar-refractivity contribution in [1.82, 2.24) is 9.88 Å². The van der Waals surface area contributed by atoms with Crippen LogP contribution in [0.5, 0.6) is 0 Å². The van der Waals surface area contributed by atoms with E-state index in [2.05, 4.69) is 5.32 Å². The van der Waals surface area contributed by atoms with Crippen molar-refractivity contribution >= 4 is 15.7 Å². The van der Waals surface area contributed by atoms with Gasteiger partial charge < -0.3 is 9.88 Å². The molecule has 0 saturated carbocycles. The number of hydrogen-bond acceptors (Lipinski definition) is 3. The number of aromatic nitrogens is 1. The maximum Gasteiger partial charge on any atom is 0.417 e. The molecule has 0 aliphatic carbocycles. The van der Waals surface area contributed by atoms with Crippen LogP contribution in [0.4, 0.5) is 13.2 Å². The molecule has 33 heavy (non-hydrogen) atoms. The lowest BCUT2D eigenvalue weighted by Gasteiger charge is -2.18. The zero-order chi connectivity index (χ0) is 24.4. The van der Waals surface area contributed by atoms with Crippen molar-refractivity contribution in [2.75, 3.05) is 12.8 Å². The average Bonchev–Trinajstić information content (AvgIpc) is 3.14. The Morgan fingerprint density at radius 3 is 2.21 bits per heavy atom. The Morgan fingerprint density at radius 2 is 1.64 bits per heavy atom. The quantitative estimate of drug-likeness (QED) is 0.526. The molecule has 9 heteroatoms. The molecule has 0 spiro atoms. The predicted molar refractivity (Wildman–Crippen MR) is 121 cm³/mol. The van der Waals surface area contributed by atoms with Crippen LogP contribution in [0.15, 0.2) is 65.6 Å². The van der Waals surface area contributed by atoms with Crippen molar-refractivity contribution < 1.29 is 26.4 Å². The fourth-order valence-electron chi connectivity index (χ4n) is 3.47. The van der Waals surface area contributed by atoms with Gasteiger partial charge in [0.25, 0.3) is 0 Å². The van der Waals surface area contributed by atoms with E-state index in [4.69, 9.17) is 0 Å². The van der Waals surface area contributed by atoms with Gasteiger partial charge in [-0.1, -0.05) is 32.0 Å². The molecule has 1 amide bonds. The van der Waals surface area contributed by atoms with Crippen molar-refractivity contribution in [2.24, 2.45) is 5.92 Å². The molecule has 0 bridgehead atoms. The lowest BCUT2D eigenvalue weighted by atomic mass is 10.0. The molecule has 0 aliphatic heterocycles. The van der Waals surface area contributed by atoms with Crippen molar-refractivity contribution in [3.8, 4) is 16.9 Å². The molecule has 0 saturated heterocycles. The van der Waals surface area contributed by atoms with Gasteiger partial charge in [0.15, 0.2) is 9.84 Å². The number of sulfone groups is 1. The first-order valence-corrected chi connectivity index (χ1v) is 12.2. The molecular formula is C24H25F3N2O3S. The van der Waals surface area contributed by atoms with E-state index >= 15 is 0 Å². The van der Waals surface area contributed by atoms with Gasteiger partial charge >= 0.3 is 6.18 Å². The first-order chi connectivity index (χ1) is 15.4. The molecule has 3 rings (SSSR count). The molecule has 1 heterocycles. The number of alkyl halides is 3.